The fraction of sp³-hybridized carbons (Fsp3) is 0.0833. The molecule has 0 unspecified atom stereocenters. The van der Waals surface area contributed by atoms with Crippen molar-refractivity contribution in [3.05, 3.63) is 47.9 Å². The average Bonchev–Trinajstić information content (AvgIpc) is 2.71. The largest absolute Gasteiger partial charge is 0.368 e. The average molecular weight is 289 g/mol. The fourth-order valence-electron chi connectivity index (χ4n) is 1.74. The number of hydrogen-bond donors (Lipinski definition) is 2. The summed E-state index contributed by atoms with van der Waals surface area (Å²) >= 11 is 0. The molecule has 1 aromatic carbocycles. The van der Waals surface area contributed by atoms with Crippen molar-refractivity contribution in [3.8, 4) is 0 Å². The molecule has 0 saturated carbocycles. The van der Waals surface area contributed by atoms with Crippen molar-refractivity contribution in [2.24, 2.45) is 0 Å². The molecule has 95 valence electrons. The molecule has 0 atom stereocenters. The summed E-state index contributed by atoms with van der Waals surface area (Å²) in [5, 5.41) is 0. The standard InChI is InChI=1S/C12H11N5.Cu/c13-12-14-7-9-11(17-12)16-10(15-9)6-8-4-2-1-3-5-8;/h1-5,7H,6H2,(H3,13,14,15,16,17);. The molecule has 2 aromatic heterocycles. The summed E-state index contributed by atoms with van der Waals surface area (Å²) in [5.74, 6) is 1.11. The molecule has 0 saturated heterocycles. The number of aromatic amines is 1. The third-order valence-corrected chi connectivity index (χ3v) is 2.52. The van der Waals surface area contributed by atoms with Crippen LogP contribution >= 0.6 is 0 Å². The van der Waals surface area contributed by atoms with Gasteiger partial charge in [0, 0.05) is 23.5 Å². The molecule has 3 rings (SSSR count). The van der Waals surface area contributed by atoms with Gasteiger partial charge in [-0.2, -0.15) is 4.98 Å². The van der Waals surface area contributed by atoms with Crippen molar-refractivity contribution in [2.75, 3.05) is 5.73 Å². The van der Waals surface area contributed by atoms with Crippen molar-refractivity contribution in [1.29, 1.82) is 0 Å². The number of benzene rings is 1. The molecule has 0 bridgehead atoms. The van der Waals surface area contributed by atoms with Gasteiger partial charge in [0.25, 0.3) is 0 Å². The molecule has 2 heterocycles. The number of aromatic nitrogens is 4. The Morgan fingerprint density at radius 1 is 1.11 bits per heavy atom. The van der Waals surface area contributed by atoms with Gasteiger partial charge in [0.05, 0.1) is 6.20 Å². The number of rotatable bonds is 2. The summed E-state index contributed by atoms with van der Waals surface area (Å²) in [4.78, 5) is 15.5. The third kappa shape index (κ3) is 2.50. The Bertz CT molecular complexity index is 650. The molecular weight excluding hydrogens is 278 g/mol. The summed E-state index contributed by atoms with van der Waals surface area (Å²) in [6, 6.07) is 10.1. The van der Waals surface area contributed by atoms with Gasteiger partial charge in [0.1, 0.15) is 11.3 Å². The minimum absolute atomic E-state index is 0. The molecule has 0 aliphatic carbocycles. The Hall–Kier alpha value is -1.91. The first kappa shape index (κ1) is 12.5. The number of anilines is 1. The Morgan fingerprint density at radius 2 is 1.89 bits per heavy atom. The van der Waals surface area contributed by atoms with Crippen LogP contribution in [0, 0.1) is 0 Å². The number of nitrogens with zero attached hydrogens (tertiary/aromatic N) is 3. The van der Waals surface area contributed by atoms with E-state index in [2.05, 4.69) is 32.1 Å². The summed E-state index contributed by atoms with van der Waals surface area (Å²) in [6.45, 7) is 0. The van der Waals surface area contributed by atoms with E-state index in [9.17, 15) is 0 Å². The number of H-pyrrole nitrogens is 1. The van der Waals surface area contributed by atoms with Crippen molar-refractivity contribution in [3.63, 3.8) is 0 Å². The summed E-state index contributed by atoms with van der Waals surface area (Å²) in [6.07, 6.45) is 2.40. The van der Waals surface area contributed by atoms with Crippen LogP contribution in [0.5, 0.6) is 0 Å². The Morgan fingerprint density at radius 3 is 2.67 bits per heavy atom. The molecule has 18 heavy (non-hydrogen) atoms. The molecule has 5 nitrogen and oxygen atoms in total. The molecule has 0 amide bonds. The number of hydrogen-bond acceptors (Lipinski definition) is 4. The molecule has 3 aromatic rings. The van der Waals surface area contributed by atoms with Crippen LogP contribution in [-0.4, -0.2) is 19.9 Å². The maximum absolute atomic E-state index is 5.51. The molecule has 0 fully saturated rings. The van der Waals surface area contributed by atoms with Gasteiger partial charge >= 0.3 is 0 Å². The Labute approximate surface area is 114 Å². The summed E-state index contributed by atoms with van der Waals surface area (Å²) in [7, 11) is 0. The predicted octanol–water partition coefficient (Wildman–Crippen LogP) is 1.52. The fourth-order valence-corrected chi connectivity index (χ4v) is 1.74. The number of nitrogens with two attached hydrogens (primary N) is 1. The minimum Gasteiger partial charge on any atom is -0.368 e. The third-order valence-electron chi connectivity index (χ3n) is 2.52. The van der Waals surface area contributed by atoms with E-state index in [-0.39, 0.29) is 23.0 Å². The van der Waals surface area contributed by atoms with E-state index in [1.165, 1.54) is 5.56 Å². The zero-order valence-corrected chi connectivity index (χ0v) is 10.3. The van der Waals surface area contributed by atoms with Crippen LogP contribution in [0.2, 0.25) is 0 Å². The van der Waals surface area contributed by atoms with E-state index in [0.29, 0.717) is 5.65 Å². The smallest absolute Gasteiger partial charge is 0.222 e. The van der Waals surface area contributed by atoms with Crippen molar-refractivity contribution in [1.82, 2.24) is 19.9 Å². The molecule has 0 aliphatic rings. The topological polar surface area (TPSA) is 80.5 Å². The van der Waals surface area contributed by atoms with Crippen LogP contribution in [0.4, 0.5) is 5.95 Å². The first-order valence-electron chi connectivity index (χ1n) is 5.32. The van der Waals surface area contributed by atoms with E-state index in [4.69, 9.17) is 5.73 Å². The predicted molar refractivity (Wildman–Crippen MR) is 65.3 cm³/mol. The van der Waals surface area contributed by atoms with Crippen LogP contribution in [0.15, 0.2) is 36.5 Å². The number of nitrogens with one attached hydrogen (secondary N) is 1. The van der Waals surface area contributed by atoms with Gasteiger partial charge in [-0.1, -0.05) is 30.3 Å². The van der Waals surface area contributed by atoms with Crippen LogP contribution in [0.1, 0.15) is 11.4 Å². The zero-order valence-electron chi connectivity index (χ0n) is 9.39. The van der Waals surface area contributed by atoms with Gasteiger partial charge in [0.2, 0.25) is 5.95 Å². The van der Waals surface area contributed by atoms with Crippen molar-refractivity contribution in [2.45, 2.75) is 6.42 Å². The number of fused-ring (bicyclic) bond motifs is 1. The molecule has 0 aliphatic heterocycles. The summed E-state index contributed by atoms with van der Waals surface area (Å²) < 4.78 is 0. The second kappa shape index (κ2) is 5.16. The van der Waals surface area contributed by atoms with Crippen LogP contribution in [-0.2, 0) is 23.5 Å². The quantitative estimate of drug-likeness (QED) is 0.701. The van der Waals surface area contributed by atoms with Gasteiger partial charge in [-0.25, -0.2) is 9.97 Å². The molecule has 1 radical (unpaired) electrons. The second-order valence-corrected chi connectivity index (χ2v) is 3.81. The number of imidazole rings is 1. The SMILES string of the molecule is Nc1ncc2[nH]c(Cc3ccccc3)nc2n1.[Cu]. The van der Waals surface area contributed by atoms with Gasteiger partial charge in [0.15, 0.2) is 5.65 Å². The van der Waals surface area contributed by atoms with Gasteiger partial charge in [-0.3, -0.25) is 0 Å². The summed E-state index contributed by atoms with van der Waals surface area (Å²) in [5.41, 5.74) is 8.14. The minimum atomic E-state index is 0. The van der Waals surface area contributed by atoms with E-state index < -0.39 is 0 Å². The molecular formula is C12H11CuN5. The maximum Gasteiger partial charge on any atom is 0.222 e. The second-order valence-electron chi connectivity index (χ2n) is 3.81. The van der Waals surface area contributed by atoms with Crippen LogP contribution in [0.25, 0.3) is 11.2 Å². The molecule has 0 spiro atoms. The van der Waals surface area contributed by atoms with Crippen LogP contribution in [0.3, 0.4) is 0 Å². The van der Waals surface area contributed by atoms with E-state index >= 15 is 0 Å². The van der Waals surface area contributed by atoms with E-state index in [1.807, 2.05) is 18.2 Å². The Balaban J connectivity index is 0.00000120. The Kier molecular flexibility index (Phi) is 3.60. The van der Waals surface area contributed by atoms with Crippen molar-refractivity contribution >= 4 is 17.1 Å². The van der Waals surface area contributed by atoms with Gasteiger partial charge < -0.3 is 10.7 Å². The van der Waals surface area contributed by atoms with Crippen LogP contribution < -0.4 is 5.73 Å². The van der Waals surface area contributed by atoms with Crippen molar-refractivity contribution < 1.29 is 17.1 Å². The maximum atomic E-state index is 5.51. The monoisotopic (exact) mass is 288 g/mol. The first-order valence-corrected chi connectivity index (χ1v) is 5.32. The number of nitrogen functional groups attached to an aromatic ring is 1. The van der Waals surface area contributed by atoms with E-state index in [1.54, 1.807) is 6.20 Å². The molecule has 6 heteroatoms. The molecule has 3 N–H and O–H groups in total. The normalized spacial score (nSPS) is 10.2. The zero-order chi connectivity index (χ0) is 11.7. The van der Waals surface area contributed by atoms with Gasteiger partial charge in [-0.05, 0) is 5.56 Å². The van der Waals surface area contributed by atoms with E-state index in [0.717, 1.165) is 17.8 Å². The van der Waals surface area contributed by atoms with Gasteiger partial charge in [-0.15, -0.1) is 0 Å². The first-order chi connectivity index (χ1) is 8.31.